The lowest BCUT2D eigenvalue weighted by Crippen LogP contribution is -2.59. The summed E-state index contributed by atoms with van der Waals surface area (Å²) in [5, 5.41) is 41.7. The number of carbonyl (C=O) groups is 2. The molecule has 2 N–H and O–H groups in total. The summed E-state index contributed by atoms with van der Waals surface area (Å²) in [6.07, 6.45) is 2.97. The molecule has 0 bridgehead atoms. The Labute approximate surface area is 146 Å². The summed E-state index contributed by atoms with van der Waals surface area (Å²) in [4.78, 5) is 43.6. The lowest BCUT2D eigenvalue weighted by molar-refractivity contribution is -0.805. The van der Waals surface area contributed by atoms with E-state index in [9.17, 15) is 40.0 Å². The summed E-state index contributed by atoms with van der Waals surface area (Å²) >= 11 is 0. The SMILES string of the molecule is O=C(O)C1(C(=O)O)C=CC(C=Cc2ccccc2)C([N+](=O)[O-])([N+](=O)[O-])C1. The summed E-state index contributed by atoms with van der Waals surface area (Å²) < 4.78 is 0. The van der Waals surface area contributed by atoms with E-state index in [-0.39, 0.29) is 0 Å². The first-order valence-electron chi connectivity index (χ1n) is 7.35. The monoisotopic (exact) mass is 362 g/mol. The second-order valence-corrected chi connectivity index (χ2v) is 5.81. The Morgan fingerprint density at radius 2 is 1.62 bits per heavy atom. The van der Waals surface area contributed by atoms with Crippen LogP contribution in [0.25, 0.3) is 6.08 Å². The Hall–Kier alpha value is -3.56. The van der Waals surface area contributed by atoms with Gasteiger partial charge in [0.2, 0.25) is 0 Å². The largest absolute Gasteiger partial charge is 0.480 e. The highest BCUT2D eigenvalue weighted by Crippen LogP contribution is 2.43. The van der Waals surface area contributed by atoms with Crippen LogP contribution < -0.4 is 0 Å². The van der Waals surface area contributed by atoms with E-state index in [1.807, 2.05) is 0 Å². The van der Waals surface area contributed by atoms with Gasteiger partial charge in [0.15, 0.2) is 5.41 Å². The number of hydrogen-bond donors (Lipinski definition) is 2. The molecule has 0 saturated carbocycles. The second kappa shape index (κ2) is 6.75. The number of rotatable bonds is 6. The molecular weight excluding hydrogens is 348 g/mol. The number of nitrogens with zero attached hydrogens (tertiary/aromatic N) is 2. The van der Waals surface area contributed by atoms with Crippen LogP contribution in [0.4, 0.5) is 0 Å². The third-order valence-corrected chi connectivity index (χ3v) is 4.35. The number of carboxylic acids is 2. The zero-order valence-corrected chi connectivity index (χ0v) is 13.2. The maximum atomic E-state index is 11.6. The van der Waals surface area contributed by atoms with E-state index in [2.05, 4.69) is 0 Å². The molecule has 1 aliphatic carbocycles. The van der Waals surface area contributed by atoms with Gasteiger partial charge in [-0.1, -0.05) is 54.6 Å². The van der Waals surface area contributed by atoms with Crippen molar-refractivity contribution in [3.05, 3.63) is 74.4 Å². The van der Waals surface area contributed by atoms with E-state index in [1.165, 1.54) is 12.2 Å². The first kappa shape index (κ1) is 18.8. The van der Waals surface area contributed by atoms with E-state index in [1.54, 1.807) is 30.3 Å². The lowest BCUT2D eigenvalue weighted by Gasteiger charge is -2.32. The van der Waals surface area contributed by atoms with Crippen molar-refractivity contribution in [2.45, 2.75) is 12.1 Å². The zero-order chi connectivity index (χ0) is 19.5. The fourth-order valence-electron chi connectivity index (χ4n) is 2.83. The van der Waals surface area contributed by atoms with Crippen LogP contribution in [0.2, 0.25) is 0 Å². The van der Waals surface area contributed by atoms with Gasteiger partial charge < -0.3 is 10.2 Å². The quantitative estimate of drug-likeness (QED) is 0.254. The molecule has 10 nitrogen and oxygen atoms in total. The van der Waals surface area contributed by atoms with Gasteiger partial charge in [-0.15, -0.1) is 0 Å². The van der Waals surface area contributed by atoms with Gasteiger partial charge >= 0.3 is 17.6 Å². The van der Waals surface area contributed by atoms with Crippen molar-refractivity contribution in [1.29, 1.82) is 0 Å². The third kappa shape index (κ3) is 2.92. The van der Waals surface area contributed by atoms with Crippen LogP contribution in [0, 0.1) is 31.6 Å². The van der Waals surface area contributed by atoms with Crippen molar-refractivity contribution < 1.29 is 29.6 Å². The van der Waals surface area contributed by atoms with Crippen molar-refractivity contribution in [3.8, 4) is 0 Å². The van der Waals surface area contributed by atoms with Gasteiger partial charge in [0.05, 0.1) is 9.85 Å². The number of nitro groups is 2. The third-order valence-electron chi connectivity index (χ3n) is 4.35. The maximum Gasteiger partial charge on any atom is 0.469 e. The first-order valence-corrected chi connectivity index (χ1v) is 7.35. The molecule has 10 heteroatoms. The molecule has 0 radical (unpaired) electrons. The average molecular weight is 362 g/mol. The number of carboxylic acid groups (broad SMARTS) is 2. The fourth-order valence-corrected chi connectivity index (χ4v) is 2.83. The molecule has 0 fully saturated rings. The Balaban J connectivity index is 2.60. The minimum absolute atomic E-state index is 0.620. The van der Waals surface area contributed by atoms with Gasteiger partial charge in [-0.05, 0) is 5.56 Å². The molecule has 1 aromatic rings. The smallest absolute Gasteiger partial charge is 0.469 e. The van der Waals surface area contributed by atoms with Crippen LogP contribution >= 0.6 is 0 Å². The number of aliphatic carboxylic acids is 2. The summed E-state index contributed by atoms with van der Waals surface area (Å²) in [5.41, 5.74) is -5.15. The molecule has 0 aromatic heterocycles. The molecule has 0 saturated heterocycles. The van der Waals surface area contributed by atoms with E-state index >= 15 is 0 Å². The van der Waals surface area contributed by atoms with Crippen LogP contribution in [-0.2, 0) is 9.59 Å². The van der Waals surface area contributed by atoms with Crippen LogP contribution in [-0.4, -0.2) is 37.7 Å². The predicted octanol–water partition coefficient (Wildman–Crippen LogP) is 1.68. The van der Waals surface area contributed by atoms with Crippen LogP contribution in [0.15, 0.2) is 48.6 Å². The number of hydrogen-bond acceptors (Lipinski definition) is 6. The topological polar surface area (TPSA) is 161 Å². The van der Waals surface area contributed by atoms with Crippen molar-refractivity contribution in [2.75, 3.05) is 0 Å². The molecule has 1 unspecified atom stereocenters. The molecule has 0 heterocycles. The molecule has 1 aromatic carbocycles. The predicted molar refractivity (Wildman–Crippen MR) is 87.1 cm³/mol. The summed E-state index contributed by atoms with van der Waals surface area (Å²) in [6, 6.07) is 8.48. The van der Waals surface area contributed by atoms with Gasteiger partial charge in [-0.3, -0.25) is 29.8 Å². The minimum atomic E-state index is -3.02. The highest BCUT2D eigenvalue weighted by Gasteiger charge is 2.70. The van der Waals surface area contributed by atoms with Gasteiger partial charge in [0.1, 0.15) is 12.3 Å². The molecular formula is C16H14N2O8. The summed E-state index contributed by atoms with van der Waals surface area (Å²) in [6.45, 7) is 0. The molecule has 0 spiro atoms. The van der Waals surface area contributed by atoms with Gasteiger partial charge in [-0.2, -0.15) is 0 Å². The van der Waals surface area contributed by atoms with Crippen LogP contribution in [0.1, 0.15) is 12.0 Å². The van der Waals surface area contributed by atoms with E-state index < -0.39 is 45.2 Å². The van der Waals surface area contributed by atoms with Crippen LogP contribution in [0.3, 0.4) is 0 Å². The van der Waals surface area contributed by atoms with Crippen molar-refractivity contribution >= 4 is 18.0 Å². The Morgan fingerprint density at radius 3 is 2.08 bits per heavy atom. The van der Waals surface area contributed by atoms with Gasteiger partial charge in [0.25, 0.3) is 0 Å². The molecule has 136 valence electrons. The van der Waals surface area contributed by atoms with Crippen molar-refractivity contribution in [3.63, 3.8) is 0 Å². The average Bonchev–Trinajstić information content (AvgIpc) is 2.59. The normalized spacial score (nSPS) is 20.5. The maximum absolute atomic E-state index is 11.6. The first-order chi connectivity index (χ1) is 12.2. The Bertz CT molecular complexity index is 787. The summed E-state index contributed by atoms with van der Waals surface area (Å²) in [5.74, 6) is -5.24. The number of benzene rings is 1. The summed E-state index contributed by atoms with van der Waals surface area (Å²) in [7, 11) is 0. The second-order valence-electron chi connectivity index (χ2n) is 5.81. The van der Waals surface area contributed by atoms with Crippen molar-refractivity contribution in [2.24, 2.45) is 11.3 Å². The standard InChI is InChI=1S/C16H14N2O8/c19-13(20)15(14(21)22)9-8-12(7-6-11-4-2-1-3-5-11)16(10-15,17(23)24)18(25)26/h1-9,12H,10H2,(H,19,20)(H,21,22). The van der Waals surface area contributed by atoms with E-state index in [0.717, 1.165) is 12.2 Å². The minimum Gasteiger partial charge on any atom is -0.480 e. The van der Waals surface area contributed by atoms with E-state index in [0.29, 0.717) is 5.56 Å². The molecule has 26 heavy (non-hydrogen) atoms. The van der Waals surface area contributed by atoms with Gasteiger partial charge in [0, 0.05) is 0 Å². The van der Waals surface area contributed by atoms with Crippen molar-refractivity contribution in [1.82, 2.24) is 0 Å². The molecule has 1 aliphatic rings. The molecule has 0 aliphatic heterocycles. The highest BCUT2D eigenvalue weighted by molar-refractivity contribution is 6.00. The Kier molecular flexibility index (Phi) is 4.87. The molecule has 2 rings (SSSR count). The molecule has 0 amide bonds. The van der Waals surface area contributed by atoms with E-state index in [4.69, 9.17) is 0 Å². The fraction of sp³-hybridized carbons (Fsp3) is 0.250. The Morgan fingerprint density at radius 1 is 1.08 bits per heavy atom. The molecule has 1 atom stereocenters. The highest BCUT2D eigenvalue weighted by atomic mass is 16.7. The zero-order valence-electron chi connectivity index (χ0n) is 13.2. The van der Waals surface area contributed by atoms with Gasteiger partial charge in [-0.25, -0.2) is 0 Å². The van der Waals surface area contributed by atoms with Crippen LogP contribution in [0.5, 0.6) is 0 Å². The lowest BCUT2D eigenvalue weighted by atomic mass is 9.69.